The summed E-state index contributed by atoms with van der Waals surface area (Å²) < 4.78 is 20.2. The number of fused-ring (bicyclic) bond motifs is 2. The van der Waals surface area contributed by atoms with E-state index >= 15 is 0 Å². The number of carbonyl (C=O) groups excluding carboxylic acids is 1. The minimum atomic E-state index is -0.833. The van der Waals surface area contributed by atoms with Crippen molar-refractivity contribution in [3.63, 3.8) is 0 Å². The third kappa shape index (κ3) is 2.88. The molecule has 0 saturated carbocycles. The van der Waals surface area contributed by atoms with Crippen molar-refractivity contribution in [1.29, 1.82) is 0 Å². The molecule has 2 atom stereocenters. The van der Waals surface area contributed by atoms with Crippen LogP contribution >= 0.6 is 11.6 Å². The number of ketones is 1. The first-order valence-electron chi connectivity index (χ1n) is 9.08. The molecule has 140 valence electrons. The highest BCUT2D eigenvalue weighted by Gasteiger charge is 2.50. The molecule has 2 aliphatic rings. The average Bonchev–Trinajstić information content (AvgIpc) is 3.01. The summed E-state index contributed by atoms with van der Waals surface area (Å²) in [6.07, 6.45) is 1.36. The number of benzene rings is 2. The van der Waals surface area contributed by atoms with Crippen LogP contribution < -0.4 is 0 Å². The lowest BCUT2D eigenvalue weighted by Crippen LogP contribution is -2.37. The minimum Gasteiger partial charge on any atom is -0.508 e. The monoisotopic (exact) mass is 386 g/mol. The summed E-state index contributed by atoms with van der Waals surface area (Å²) in [7, 11) is 0. The Kier molecular flexibility index (Phi) is 4.36. The van der Waals surface area contributed by atoms with Gasteiger partial charge in [0, 0.05) is 10.6 Å². The van der Waals surface area contributed by atoms with E-state index in [0.29, 0.717) is 46.5 Å². The van der Waals surface area contributed by atoms with Gasteiger partial charge < -0.3 is 9.84 Å². The number of halogens is 2. The van der Waals surface area contributed by atoms with E-state index in [2.05, 4.69) is 0 Å². The molecule has 1 N–H and O–H groups in total. The molecular weight excluding hydrogens is 367 g/mol. The summed E-state index contributed by atoms with van der Waals surface area (Å²) in [5.74, 6) is -0.656. The van der Waals surface area contributed by atoms with Crippen LogP contribution in [-0.2, 0) is 16.0 Å². The molecule has 2 aromatic rings. The van der Waals surface area contributed by atoms with Gasteiger partial charge in [-0.25, -0.2) is 4.39 Å². The zero-order valence-corrected chi connectivity index (χ0v) is 15.9. The first kappa shape index (κ1) is 18.2. The molecule has 4 rings (SSSR count). The van der Waals surface area contributed by atoms with Crippen LogP contribution in [0.4, 0.5) is 4.39 Å². The van der Waals surface area contributed by atoms with E-state index in [9.17, 15) is 14.3 Å². The van der Waals surface area contributed by atoms with Crippen LogP contribution in [0.15, 0.2) is 42.2 Å². The first-order chi connectivity index (χ1) is 12.8. The number of ether oxygens (including phenoxy) is 1. The Bertz CT molecular complexity index is 982. The Balaban J connectivity index is 1.91. The number of hydrogen-bond donors (Lipinski definition) is 1. The van der Waals surface area contributed by atoms with Gasteiger partial charge in [-0.15, -0.1) is 0 Å². The third-order valence-corrected chi connectivity index (χ3v) is 5.80. The van der Waals surface area contributed by atoms with Crippen molar-refractivity contribution in [2.75, 3.05) is 0 Å². The molecule has 2 heterocycles. The summed E-state index contributed by atoms with van der Waals surface area (Å²) in [5, 5.41) is 11.2. The highest BCUT2D eigenvalue weighted by molar-refractivity contribution is 6.30. The van der Waals surface area contributed by atoms with Gasteiger partial charge in [0.25, 0.3) is 0 Å². The van der Waals surface area contributed by atoms with Gasteiger partial charge in [0.1, 0.15) is 23.3 Å². The van der Waals surface area contributed by atoms with Gasteiger partial charge in [0.2, 0.25) is 0 Å². The zero-order valence-electron chi connectivity index (χ0n) is 15.2. The highest BCUT2D eigenvalue weighted by Crippen LogP contribution is 2.45. The fourth-order valence-electron chi connectivity index (χ4n) is 4.01. The van der Waals surface area contributed by atoms with Crippen LogP contribution in [0.2, 0.25) is 5.02 Å². The van der Waals surface area contributed by atoms with Crippen molar-refractivity contribution < 1.29 is 19.0 Å². The topological polar surface area (TPSA) is 46.5 Å². The summed E-state index contributed by atoms with van der Waals surface area (Å²) in [4.78, 5) is 12.9. The van der Waals surface area contributed by atoms with Crippen molar-refractivity contribution >= 4 is 23.0 Å². The van der Waals surface area contributed by atoms with Crippen molar-refractivity contribution in [3.05, 3.63) is 64.1 Å². The van der Waals surface area contributed by atoms with Gasteiger partial charge >= 0.3 is 0 Å². The summed E-state index contributed by atoms with van der Waals surface area (Å²) in [6, 6.07) is 10.0. The lowest BCUT2D eigenvalue weighted by molar-refractivity contribution is -0.130. The molecular formula is C22H20ClFO3. The maximum absolute atomic E-state index is 14.4. The third-order valence-electron chi connectivity index (χ3n) is 5.56. The van der Waals surface area contributed by atoms with E-state index in [4.69, 9.17) is 16.3 Å². The van der Waals surface area contributed by atoms with Crippen LogP contribution in [-0.4, -0.2) is 22.6 Å². The molecule has 2 aromatic carbocycles. The Labute approximate surface area is 162 Å². The lowest BCUT2D eigenvalue weighted by Gasteiger charge is -2.31. The van der Waals surface area contributed by atoms with Gasteiger partial charge in [-0.1, -0.05) is 30.7 Å². The van der Waals surface area contributed by atoms with E-state index in [1.807, 2.05) is 26.0 Å². The molecule has 2 bridgehead atoms. The maximum atomic E-state index is 14.4. The molecule has 5 heteroatoms. The fourth-order valence-corrected chi connectivity index (χ4v) is 4.17. The van der Waals surface area contributed by atoms with E-state index in [1.165, 1.54) is 6.07 Å². The second kappa shape index (κ2) is 6.47. The first-order valence-corrected chi connectivity index (χ1v) is 9.46. The van der Waals surface area contributed by atoms with E-state index in [1.54, 1.807) is 18.2 Å². The van der Waals surface area contributed by atoms with Crippen LogP contribution in [0.3, 0.4) is 0 Å². The zero-order chi connectivity index (χ0) is 19.3. The standard InChI is InChI=1S/C22H20ClFO3/c1-3-12-4-5-13(15-7-6-14(23)11-17(15)24)10-16(12)19-20(25)18-8-9-22(2,27-18)21(19)26/h4-7,10-11,18,26H,3,8-9H2,1-2H3/t18-,22+/m0/s1. The van der Waals surface area contributed by atoms with Gasteiger partial charge in [0.05, 0.1) is 5.57 Å². The molecule has 0 amide bonds. The molecule has 1 saturated heterocycles. The number of hydrogen-bond acceptors (Lipinski definition) is 3. The second-order valence-corrected chi connectivity index (χ2v) is 7.75. The predicted molar refractivity (Wildman–Crippen MR) is 103 cm³/mol. The molecule has 0 unspecified atom stereocenters. The number of aliphatic hydroxyl groups excluding tert-OH is 1. The largest absolute Gasteiger partial charge is 0.508 e. The summed E-state index contributed by atoms with van der Waals surface area (Å²) in [6.45, 7) is 3.79. The van der Waals surface area contributed by atoms with Crippen molar-refractivity contribution in [2.24, 2.45) is 0 Å². The Morgan fingerprint density at radius 2 is 2.04 bits per heavy atom. The summed E-state index contributed by atoms with van der Waals surface area (Å²) in [5.41, 5.74) is 2.08. The molecule has 0 spiro atoms. The van der Waals surface area contributed by atoms with E-state index < -0.39 is 17.5 Å². The highest BCUT2D eigenvalue weighted by atomic mass is 35.5. The second-order valence-electron chi connectivity index (χ2n) is 7.31. The quantitative estimate of drug-likeness (QED) is 0.757. The number of aliphatic hydroxyl groups is 1. The molecule has 2 aliphatic heterocycles. The van der Waals surface area contributed by atoms with Gasteiger partial charge in [-0.2, -0.15) is 0 Å². The Hall–Kier alpha value is -2.17. The number of rotatable bonds is 3. The molecule has 27 heavy (non-hydrogen) atoms. The van der Waals surface area contributed by atoms with Gasteiger partial charge in [-0.3, -0.25) is 4.79 Å². The van der Waals surface area contributed by atoms with Crippen LogP contribution in [0, 0.1) is 5.82 Å². The van der Waals surface area contributed by atoms with E-state index in [-0.39, 0.29) is 11.5 Å². The van der Waals surface area contributed by atoms with Crippen molar-refractivity contribution in [2.45, 2.75) is 44.8 Å². The molecule has 1 fully saturated rings. The Morgan fingerprint density at radius 1 is 1.26 bits per heavy atom. The SMILES string of the molecule is CCc1ccc(-c2ccc(Cl)cc2F)cc1C1=C(O)[C@@]2(C)CC[C@H](O2)C1=O. The van der Waals surface area contributed by atoms with Gasteiger partial charge in [0.15, 0.2) is 5.78 Å². The van der Waals surface area contributed by atoms with Crippen LogP contribution in [0.5, 0.6) is 0 Å². The molecule has 0 radical (unpaired) electrons. The molecule has 3 nitrogen and oxygen atoms in total. The van der Waals surface area contributed by atoms with Crippen molar-refractivity contribution in [3.8, 4) is 11.1 Å². The maximum Gasteiger partial charge on any atom is 0.195 e. The summed E-state index contributed by atoms with van der Waals surface area (Å²) >= 11 is 5.86. The van der Waals surface area contributed by atoms with Crippen molar-refractivity contribution in [1.82, 2.24) is 0 Å². The molecule has 0 aliphatic carbocycles. The lowest BCUT2D eigenvalue weighted by atomic mass is 9.86. The van der Waals surface area contributed by atoms with Crippen LogP contribution in [0.25, 0.3) is 16.7 Å². The normalized spacial score (nSPS) is 24.6. The predicted octanol–water partition coefficient (Wildman–Crippen LogP) is 5.50. The number of aryl methyl sites for hydroxylation is 1. The smallest absolute Gasteiger partial charge is 0.195 e. The minimum absolute atomic E-state index is 0.0234. The Morgan fingerprint density at radius 3 is 2.74 bits per heavy atom. The number of Topliss-reactive ketones (excluding diaryl/α,β-unsaturated/α-hetero) is 1. The fraction of sp³-hybridized carbons (Fsp3) is 0.318. The van der Waals surface area contributed by atoms with Gasteiger partial charge in [-0.05, 0) is 67.1 Å². The number of carbonyl (C=O) groups is 1. The molecule has 0 aromatic heterocycles. The van der Waals surface area contributed by atoms with E-state index in [0.717, 1.165) is 5.56 Å². The van der Waals surface area contributed by atoms with Crippen LogP contribution in [0.1, 0.15) is 37.8 Å². The average molecular weight is 387 g/mol.